The highest BCUT2D eigenvalue weighted by molar-refractivity contribution is 9.09. The molecule has 3 rings (SSSR count). The summed E-state index contributed by atoms with van der Waals surface area (Å²) in [6.07, 6.45) is -0.543. The van der Waals surface area contributed by atoms with Gasteiger partial charge >= 0.3 is 5.97 Å². The summed E-state index contributed by atoms with van der Waals surface area (Å²) in [5.41, 5.74) is 0.690. The van der Waals surface area contributed by atoms with Crippen LogP contribution in [0.2, 0.25) is 10.4 Å². The topological polar surface area (TPSA) is 99.4 Å². The van der Waals surface area contributed by atoms with Crippen molar-refractivity contribution in [3.63, 3.8) is 0 Å². The molecule has 0 radical (unpaired) electrons. The summed E-state index contributed by atoms with van der Waals surface area (Å²) < 4.78 is 12.6. The van der Waals surface area contributed by atoms with E-state index in [9.17, 15) is 9.90 Å². The molecule has 1 fully saturated rings. The van der Waals surface area contributed by atoms with Crippen molar-refractivity contribution in [1.29, 1.82) is 0 Å². The lowest BCUT2D eigenvalue weighted by Gasteiger charge is -2.21. The molecule has 8 nitrogen and oxygen atoms in total. The van der Waals surface area contributed by atoms with Gasteiger partial charge in [0.05, 0.1) is 23.9 Å². The number of alkyl halides is 1. The predicted molar refractivity (Wildman–Crippen MR) is 84.6 cm³/mol. The Kier molecular flexibility index (Phi) is 4.75. The number of rotatable bonds is 3. The summed E-state index contributed by atoms with van der Waals surface area (Å²) in [4.78, 5) is 23.0. The lowest BCUT2D eigenvalue weighted by atomic mass is 10.2. The first kappa shape index (κ1) is 16.8. The molecule has 0 aromatic carbocycles. The van der Waals surface area contributed by atoms with E-state index in [1.54, 1.807) is 4.57 Å². The molecule has 124 valence electrons. The Morgan fingerprint density at radius 3 is 2.91 bits per heavy atom. The average Bonchev–Trinajstić information content (AvgIpc) is 3.01. The van der Waals surface area contributed by atoms with E-state index in [1.807, 2.05) is 0 Å². The number of carbonyl (C=O) groups excluding carboxylic acids is 1. The van der Waals surface area contributed by atoms with E-state index >= 15 is 0 Å². The molecule has 23 heavy (non-hydrogen) atoms. The smallest absolute Gasteiger partial charge is 0.303 e. The van der Waals surface area contributed by atoms with E-state index in [2.05, 4.69) is 30.9 Å². The van der Waals surface area contributed by atoms with Crippen molar-refractivity contribution < 1.29 is 19.4 Å². The van der Waals surface area contributed by atoms with Crippen LogP contribution in [0.4, 0.5) is 0 Å². The number of hydrogen-bond acceptors (Lipinski definition) is 7. The number of aliphatic hydroxyl groups excluding tert-OH is 1. The Morgan fingerprint density at radius 2 is 2.26 bits per heavy atom. The van der Waals surface area contributed by atoms with Crippen LogP contribution >= 0.6 is 39.1 Å². The third-order valence-electron chi connectivity index (χ3n) is 3.37. The third kappa shape index (κ3) is 3.03. The van der Waals surface area contributed by atoms with Crippen LogP contribution in [0.25, 0.3) is 11.2 Å². The van der Waals surface area contributed by atoms with Crippen LogP contribution in [-0.4, -0.2) is 54.2 Å². The first-order valence-corrected chi connectivity index (χ1v) is 8.22. The van der Waals surface area contributed by atoms with Crippen LogP contribution < -0.4 is 0 Å². The van der Waals surface area contributed by atoms with Crippen molar-refractivity contribution in [3.8, 4) is 0 Å². The van der Waals surface area contributed by atoms with E-state index in [4.69, 9.17) is 32.7 Å². The molecule has 2 aromatic rings. The second kappa shape index (κ2) is 6.48. The molecule has 0 bridgehead atoms. The molecule has 3 heterocycles. The second-order valence-electron chi connectivity index (χ2n) is 4.87. The van der Waals surface area contributed by atoms with Gasteiger partial charge in [-0.05, 0) is 11.6 Å². The fourth-order valence-corrected chi connectivity index (χ4v) is 3.51. The Bertz CT molecular complexity index is 758. The van der Waals surface area contributed by atoms with Gasteiger partial charge in [0.2, 0.25) is 5.28 Å². The number of aliphatic hydroxyl groups is 1. The largest absolute Gasteiger partial charge is 0.456 e. The number of nitrogens with zero attached hydrogens (tertiary/aromatic N) is 4. The summed E-state index contributed by atoms with van der Waals surface area (Å²) in [6, 6.07) is 0. The van der Waals surface area contributed by atoms with Crippen molar-refractivity contribution >= 4 is 56.3 Å². The first-order valence-electron chi connectivity index (χ1n) is 6.55. The molecular formula is C12H11BrCl2N4O4. The summed E-state index contributed by atoms with van der Waals surface area (Å²) in [5, 5.41) is 9.48. The standard InChI is InChI=1S/C12H11BrCl2N4O4/c1-4(21)22-8-6(13)5(2-20)23-11(8)19-3-16-7-9(14)17-12(15)18-10(7)19/h3,5-6,8,11,20H,2H2,1H3/t5-,6+,8-,11-/m1/s1. The number of esters is 1. The minimum atomic E-state index is -0.743. The van der Waals surface area contributed by atoms with E-state index in [0.717, 1.165) is 0 Å². The van der Waals surface area contributed by atoms with Crippen LogP contribution in [0, 0.1) is 0 Å². The zero-order valence-corrected chi connectivity index (χ0v) is 14.8. The van der Waals surface area contributed by atoms with Crippen LogP contribution in [-0.2, 0) is 14.3 Å². The van der Waals surface area contributed by atoms with E-state index in [0.29, 0.717) is 11.2 Å². The van der Waals surface area contributed by atoms with E-state index in [-0.39, 0.29) is 17.0 Å². The van der Waals surface area contributed by atoms with Crippen LogP contribution in [0.5, 0.6) is 0 Å². The molecule has 0 spiro atoms. The Hall–Kier alpha value is -1.00. The van der Waals surface area contributed by atoms with Gasteiger partial charge in [-0.15, -0.1) is 0 Å². The number of ether oxygens (including phenoxy) is 2. The van der Waals surface area contributed by atoms with Gasteiger partial charge < -0.3 is 14.6 Å². The summed E-state index contributed by atoms with van der Waals surface area (Å²) >= 11 is 15.2. The lowest BCUT2D eigenvalue weighted by Crippen LogP contribution is -2.32. The Labute approximate surface area is 148 Å². The second-order valence-corrected chi connectivity index (χ2v) is 6.63. The highest BCUT2D eigenvalue weighted by atomic mass is 79.9. The van der Waals surface area contributed by atoms with Gasteiger partial charge in [0.15, 0.2) is 23.1 Å². The number of aromatic nitrogens is 4. The monoisotopic (exact) mass is 424 g/mol. The SMILES string of the molecule is CC(=O)O[C@@H]1[C@@H](Br)[C@@H](CO)O[C@H]1n1cnc2c(Cl)nc(Cl)nc21. The fraction of sp³-hybridized carbons (Fsp3) is 0.500. The van der Waals surface area contributed by atoms with Crippen LogP contribution in [0.1, 0.15) is 13.2 Å². The number of imidazole rings is 1. The molecular weight excluding hydrogens is 415 g/mol. The average molecular weight is 426 g/mol. The van der Waals surface area contributed by atoms with E-state index < -0.39 is 29.2 Å². The zero-order chi connectivity index (χ0) is 16.7. The number of fused-ring (bicyclic) bond motifs is 1. The van der Waals surface area contributed by atoms with Gasteiger partial charge in [-0.25, -0.2) is 9.97 Å². The molecule has 4 atom stereocenters. The molecule has 0 aliphatic carbocycles. The summed E-state index contributed by atoms with van der Waals surface area (Å²) in [5.74, 6) is -0.471. The molecule has 1 aliphatic heterocycles. The molecule has 1 N–H and O–H groups in total. The predicted octanol–water partition coefficient (Wildman–Crippen LogP) is 1.72. The highest BCUT2D eigenvalue weighted by Gasteiger charge is 2.46. The summed E-state index contributed by atoms with van der Waals surface area (Å²) in [6.45, 7) is 1.05. The maximum Gasteiger partial charge on any atom is 0.303 e. The number of carbonyl (C=O) groups is 1. The molecule has 0 unspecified atom stereocenters. The lowest BCUT2D eigenvalue weighted by molar-refractivity contribution is -0.152. The number of hydrogen-bond donors (Lipinski definition) is 1. The molecule has 2 aromatic heterocycles. The van der Waals surface area contributed by atoms with Gasteiger partial charge in [-0.1, -0.05) is 27.5 Å². The molecule has 0 saturated carbocycles. The zero-order valence-electron chi connectivity index (χ0n) is 11.7. The van der Waals surface area contributed by atoms with Gasteiger partial charge in [0, 0.05) is 6.92 Å². The quantitative estimate of drug-likeness (QED) is 0.346. The maximum atomic E-state index is 11.4. The van der Waals surface area contributed by atoms with E-state index in [1.165, 1.54) is 13.3 Å². The first-order chi connectivity index (χ1) is 10.9. The van der Waals surface area contributed by atoms with Crippen molar-refractivity contribution in [2.45, 2.75) is 30.2 Å². The minimum Gasteiger partial charge on any atom is -0.456 e. The molecule has 1 saturated heterocycles. The van der Waals surface area contributed by atoms with Gasteiger partial charge in [0.25, 0.3) is 0 Å². The van der Waals surface area contributed by atoms with Crippen molar-refractivity contribution in [2.24, 2.45) is 0 Å². The number of halogens is 3. The molecule has 0 amide bonds. The van der Waals surface area contributed by atoms with Gasteiger partial charge in [0.1, 0.15) is 5.52 Å². The van der Waals surface area contributed by atoms with Crippen molar-refractivity contribution in [2.75, 3.05) is 6.61 Å². The Morgan fingerprint density at radius 1 is 1.52 bits per heavy atom. The molecule has 11 heteroatoms. The highest BCUT2D eigenvalue weighted by Crippen LogP contribution is 2.37. The van der Waals surface area contributed by atoms with Crippen LogP contribution in [0.15, 0.2) is 6.33 Å². The maximum absolute atomic E-state index is 11.4. The van der Waals surface area contributed by atoms with Crippen LogP contribution in [0.3, 0.4) is 0 Å². The molecule has 1 aliphatic rings. The van der Waals surface area contributed by atoms with Crippen molar-refractivity contribution in [3.05, 3.63) is 16.8 Å². The summed E-state index contributed by atoms with van der Waals surface area (Å²) in [7, 11) is 0. The van der Waals surface area contributed by atoms with Gasteiger partial charge in [-0.2, -0.15) is 4.98 Å². The minimum absolute atomic E-state index is 0.0413. The van der Waals surface area contributed by atoms with Gasteiger partial charge in [-0.3, -0.25) is 9.36 Å². The van der Waals surface area contributed by atoms with Crippen molar-refractivity contribution in [1.82, 2.24) is 19.5 Å². The third-order valence-corrected chi connectivity index (χ3v) is 4.92. The Balaban J connectivity index is 2.06. The fourth-order valence-electron chi connectivity index (χ4n) is 2.43. The normalized spacial score (nSPS) is 27.5.